The molecule has 0 saturated heterocycles. The Morgan fingerprint density at radius 2 is 1.94 bits per heavy atom. The van der Waals surface area contributed by atoms with Crippen LogP contribution in [0.3, 0.4) is 0 Å². The molecule has 4 rings (SSSR count). The molecule has 0 aliphatic rings. The van der Waals surface area contributed by atoms with Crippen LogP contribution < -0.4 is 14.8 Å². The molecule has 4 aromatic rings. The molecule has 0 atom stereocenters. The largest absolute Gasteiger partial charge is 0.497 e. The van der Waals surface area contributed by atoms with Crippen LogP contribution >= 0.6 is 0 Å². The molecule has 0 radical (unpaired) electrons. The second-order valence-electron chi connectivity index (χ2n) is 7.23. The molecule has 0 aliphatic heterocycles. The first-order valence-electron chi connectivity index (χ1n) is 10.3. The number of aromatic amines is 1. The molecular weight excluding hydrogens is 392 g/mol. The smallest absolute Gasteiger partial charge is 0.225 e. The van der Waals surface area contributed by atoms with Crippen molar-refractivity contribution in [3.63, 3.8) is 0 Å². The van der Waals surface area contributed by atoms with Crippen LogP contribution in [0.2, 0.25) is 0 Å². The van der Waals surface area contributed by atoms with Gasteiger partial charge in [0.05, 0.1) is 31.1 Å². The number of nitrogens with one attached hydrogen (secondary N) is 2. The molecule has 31 heavy (non-hydrogen) atoms. The van der Waals surface area contributed by atoms with E-state index in [2.05, 4.69) is 33.1 Å². The molecule has 2 heterocycles. The highest BCUT2D eigenvalue weighted by Crippen LogP contribution is 2.30. The predicted octanol–water partition coefficient (Wildman–Crippen LogP) is 4.64. The fourth-order valence-corrected chi connectivity index (χ4v) is 3.81. The number of hydrogen-bond donors (Lipinski definition) is 2. The number of rotatable bonds is 8. The summed E-state index contributed by atoms with van der Waals surface area (Å²) in [7, 11) is 3.30. The first-order valence-corrected chi connectivity index (χ1v) is 10.3. The predicted molar refractivity (Wildman–Crippen MR) is 122 cm³/mol. The number of nitrogens with zero attached hydrogens (tertiary/aromatic N) is 2. The minimum atomic E-state index is -0.0928. The fraction of sp³-hybridized carbons (Fsp3) is 0.250. The van der Waals surface area contributed by atoms with Gasteiger partial charge in [0, 0.05) is 30.5 Å². The Balaban J connectivity index is 1.49. The van der Waals surface area contributed by atoms with Gasteiger partial charge >= 0.3 is 0 Å². The van der Waals surface area contributed by atoms with E-state index in [1.165, 1.54) is 0 Å². The molecule has 7 nitrogen and oxygen atoms in total. The van der Waals surface area contributed by atoms with Gasteiger partial charge in [-0.15, -0.1) is 0 Å². The summed E-state index contributed by atoms with van der Waals surface area (Å²) in [5.74, 6) is 2.02. The van der Waals surface area contributed by atoms with Crippen LogP contribution in [-0.2, 0) is 17.8 Å². The van der Waals surface area contributed by atoms with E-state index in [9.17, 15) is 4.79 Å². The van der Waals surface area contributed by atoms with Gasteiger partial charge in [0.2, 0.25) is 5.91 Å². The number of hydrogen-bond acceptors (Lipinski definition) is 4. The van der Waals surface area contributed by atoms with Crippen LogP contribution in [0.4, 0.5) is 5.82 Å². The quantitative estimate of drug-likeness (QED) is 0.437. The average Bonchev–Trinajstić information content (AvgIpc) is 3.41. The highest BCUT2D eigenvalue weighted by Gasteiger charge is 2.14. The molecule has 0 bridgehead atoms. The van der Waals surface area contributed by atoms with Crippen LogP contribution in [0.25, 0.3) is 22.3 Å². The third-order valence-corrected chi connectivity index (χ3v) is 5.36. The molecule has 2 aromatic carbocycles. The lowest BCUT2D eigenvalue weighted by molar-refractivity contribution is -0.116. The summed E-state index contributed by atoms with van der Waals surface area (Å²) in [5.41, 5.74) is 3.95. The maximum atomic E-state index is 12.4. The van der Waals surface area contributed by atoms with Gasteiger partial charge in [-0.05, 0) is 43.2 Å². The van der Waals surface area contributed by atoms with Gasteiger partial charge in [0.1, 0.15) is 11.5 Å². The van der Waals surface area contributed by atoms with Crippen molar-refractivity contribution in [3.05, 3.63) is 60.2 Å². The third-order valence-electron chi connectivity index (χ3n) is 5.36. The molecule has 0 aliphatic carbocycles. The van der Waals surface area contributed by atoms with Gasteiger partial charge in [-0.2, -0.15) is 5.10 Å². The Hall–Kier alpha value is -3.74. The molecule has 7 heteroatoms. The van der Waals surface area contributed by atoms with E-state index < -0.39 is 0 Å². The lowest BCUT2D eigenvalue weighted by Crippen LogP contribution is -2.12. The molecule has 160 valence electrons. The highest BCUT2D eigenvalue weighted by molar-refractivity contribution is 5.91. The zero-order valence-corrected chi connectivity index (χ0v) is 17.9. The number of anilines is 1. The maximum absolute atomic E-state index is 12.4. The Morgan fingerprint density at radius 3 is 2.71 bits per heavy atom. The molecule has 1 amide bonds. The van der Waals surface area contributed by atoms with E-state index in [-0.39, 0.29) is 5.91 Å². The number of amides is 1. The number of para-hydroxylation sites is 1. The Labute approximate surface area is 181 Å². The molecule has 0 fully saturated rings. The Kier molecular flexibility index (Phi) is 5.93. The lowest BCUT2D eigenvalue weighted by atomic mass is 10.1. The van der Waals surface area contributed by atoms with Gasteiger partial charge < -0.3 is 19.4 Å². The van der Waals surface area contributed by atoms with Crippen LogP contribution in [0, 0.1) is 0 Å². The average molecular weight is 418 g/mol. The molecule has 0 spiro atoms. The monoisotopic (exact) mass is 418 g/mol. The summed E-state index contributed by atoms with van der Waals surface area (Å²) >= 11 is 0. The SMILES string of the molecule is CCn1c(-c2cc(NC(=O)CCc3ccccc3OC)n[nH]2)cc2ccc(OC)cc21. The highest BCUT2D eigenvalue weighted by atomic mass is 16.5. The summed E-state index contributed by atoms with van der Waals surface area (Å²) < 4.78 is 12.9. The van der Waals surface area contributed by atoms with Crippen LogP contribution in [0.15, 0.2) is 54.6 Å². The van der Waals surface area contributed by atoms with E-state index in [0.29, 0.717) is 18.7 Å². The number of ether oxygens (including phenoxy) is 2. The third kappa shape index (κ3) is 4.26. The minimum Gasteiger partial charge on any atom is -0.497 e. The Bertz CT molecular complexity index is 1210. The standard InChI is InChI=1S/C24H26N4O3/c1-4-28-20-14-18(30-2)11-9-17(20)13-21(28)19-15-23(27-26-19)25-24(29)12-10-16-7-5-6-8-22(16)31-3/h5-9,11,13-15H,4,10,12H2,1-3H3,(H2,25,26,27,29). The maximum Gasteiger partial charge on any atom is 0.225 e. The number of aromatic nitrogens is 3. The van der Waals surface area contributed by atoms with Gasteiger partial charge in [-0.1, -0.05) is 18.2 Å². The summed E-state index contributed by atoms with van der Waals surface area (Å²) in [5, 5.41) is 11.3. The number of methoxy groups -OCH3 is 2. The lowest BCUT2D eigenvalue weighted by Gasteiger charge is -2.07. The van der Waals surface area contributed by atoms with E-state index in [4.69, 9.17) is 9.47 Å². The van der Waals surface area contributed by atoms with Crippen molar-refractivity contribution in [2.45, 2.75) is 26.3 Å². The fourth-order valence-electron chi connectivity index (χ4n) is 3.81. The van der Waals surface area contributed by atoms with E-state index in [1.54, 1.807) is 14.2 Å². The summed E-state index contributed by atoms with van der Waals surface area (Å²) in [6.45, 7) is 2.89. The van der Waals surface area contributed by atoms with Gasteiger partial charge in [-0.25, -0.2) is 0 Å². The molecule has 0 unspecified atom stereocenters. The first kappa shape index (κ1) is 20.5. The Morgan fingerprint density at radius 1 is 1.10 bits per heavy atom. The van der Waals surface area contributed by atoms with Crippen LogP contribution in [0.5, 0.6) is 11.5 Å². The molecular formula is C24H26N4O3. The van der Waals surface area contributed by atoms with Crippen LogP contribution in [-0.4, -0.2) is 34.9 Å². The van der Waals surface area contributed by atoms with Crippen molar-refractivity contribution in [2.75, 3.05) is 19.5 Å². The van der Waals surface area contributed by atoms with Gasteiger partial charge in [0.25, 0.3) is 0 Å². The van der Waals surface area contributed by atoms with E-state index in [1.807, 2.05) is 48.5 Å². The summed E-state index contributed by atoms with van der Waals surface area (Å²) in [4.78, 5) is 12.4. The van der Waals surface area contributed by atoms with Crippen molar-refractivity contribution >= 4 is 22.6 Å². The number of carbonyl (C=O) groups excluding carboxylic acids is 1. The van der Waals surface area contributed by atoms with Crippen molar-refractivity contribution in [1.82, 2.24) is 14.8 Å². The molecule has 0 saturated carbocycles. The minimum absolute atomic E-state index is 0.0928. The van der Waals surface area contributed by atoms with Gasteiger partial charge in [0.15, 0.2) is 5.82 Å². The van der Waals surface area contributed by atoms with E-state index >= 15 is 0 Å². The second-order valence-corrected chi connectivity index (χ2v) is 7.23. The molecule has 2 N–H and O–H groups in total. The van der Waals surface area contributed by atoms with Crippen LogP contribution in [0.1, 0.15) is 18.9 Å². The van der Waals surface area contributed by atoms with E-state index in [0.717, 1.165) is 45.9 Å². The number of carbonyl (C=O) groups is 1. The second kappa shape index (κ2) is 8.95. The number of aryl methyl sites for hydroxylation is 2. The summed E-state index contributed by atoms with van der Waals surface area (Å²) in [6.07, 6.45) is 0.941. The molecule has 2 aromatic heterocycles. The zero-order valence-electron chi connectivity index (χ0n) is 17.9. The number of benzene rings is 2. The number of H-pyrrole nitrogens is 1. The first-order chi connectivity index (χ1) is 15.1. The normalized spacial score (nSPS) is 10.9. The van der Waals surface area contributed by atoms with Gasteiger partial charge in [-0.3, -0.25) is 9.89 Å². The van der Waals surface area contributed by atoms with Crippen molar-refractivity contribution < 1.29 is 14.3 Å². The van der Waals surface area contributed by atoms with Crippen molar-refractivity contribution in [3.8, 4) is 22.9 Å². The number of fused-ring (bicyclic) bond motifs is 1. The van der Waals surface area contributed by atoms with Crippen molar-refractivity contribution in [1.29, 1.82) is 0 Å². The zero-order chi connectivity index (χ0) is 21.8. The topological polar surface area (TPSA) is 81.2 Å². The summed E-state index contributed by atoms with van der Waals surface area (Å²) in [6, 6.07) is 17.7. The van der Waals surface area contributed by atoms with Crippen molar-refractivity contribution in [2.24, 2.45) is 0 Å².